The van der Waals surface area contributed by atoms with Crippen LogP contribution in [0.2, 0.25) is 0 Å². The van der Waals surface area contributed by atoms with Crippen LogP contribution in [0, 0.1) is 6.92 Å². The fourth-order valence-corrected chi connectivity index (χ4v) is 3.28. The number of aromatic hydroxyl groups is 3. The summed E-state index contributed by atoms with van der Waals surface area (Å²) in [7, 11) is 0. The number of aliphatic hydroxyl groups excluding tert-OH is 1. The molecule has 0 amide bonds. The van der Waals surface area contributed by atoms with Gasteiger partial charge in [-0.05, 0) is 18.1 Å². The maximum Gasteiger partial charge on any atom is 0.162 e. The first kappa shape index (κ1) is 21.9. The van der Waals surface area contributed by atoms with Gasteiger partial charge in [-0.3, -0.25) is 9.59 Å². The SMILES string of the molecule is Cc1ncc(-c2cccc(CC(=O)CO)c2)c(CC(=O)Cc2c(O)cc(O)cc2O)n1. The molecular formula is C23H22N2O6. The molecule has 0 bridgehead atoms. The molecule has 3 rings (SSSR count). The van der Waals surface area contributed by atoms with Crippen LogP contribution in [0.3, 0.4) is 0 Å². The zero-order valence-electron chi connectivity index (χ0n) is 16.9. The Morgan fingerprint density at radius 3 is 2.32 bits per heavy atom. The van der Waals surface area contributed by atoms with Gasteiger partial charge in [0.1, 0.15) is 35.5 Å². The summed E-state index contributed by atoms with van der Waals surface area (Å²) < 4.78 is 0. The van der Waals surface area contributed by atoms with Crippen molar-refractivity contribution in [3.05, 3.63) is 65.2 Å². The fourth-order valence-electron chi connectivity index (χ4n) is 3.28. The Kier molecular flexibility index (Phi) is 6.61. The van der Waals surface area contributed by atoms with Crippen LogP contribution < -0.4 is 0 Å². The standard InChI is InChI=1S/C23H22N2O6/c1-13-24-11-20(15-4-2-3-14(5-15)6-18(29)12-26)21(25-13)8-16(27)7-19-22(30)9-17(28)10-23(19)31/h2-5,9-11,26,28,30-31H,6-8,12H2,1H3. The third-order valence-electron chi connectivity index (χ3n) is 4.73. The minimum absolute atomic E-state index is 0.0274. The van der Waals surface area contributed by atoms with Crippen LogP contribution >= 0.6 is 0 Å². The van der Waals surface area contributed by atoms with E-state index in [2.05, 4.69) is 9.97 Å². The summed E-state index contributed by atoms with van der Waals surface area (Å²) in [5.74, 6) is -1.17. The van der Waals surface area contributed by atoms with Crippen molar-refractivity contribution in [3.8, 4) is 28.4 Å². The van der Waals surface area contributed by atoms with E-state index in [9.17, 15) is 24.9 Å². The van der Waals surface area contributed by atoms with E-state index in [0.29, 0.717) is 22.6 Å². The van der Waals surface area contributed by atoms with Gasteiger partial charge in [-0.2, -0.15) is 0 Å². The van der Waals surface area contributed by atoms with Gasteiger partial charge in [0.15, 0.2) is 5.78 Å². The van der Waals surface area contributed by atoms with Gasteiger partial charge in [-0.25, -0.2) is 9.97 Å². The molecule has 0 aliphatic rings. The Labute approximate surface area is 178 Å². The summed E-state index contributed by atoms with van der Waals surface area (Å²) >= 11 is 0. The van der Waals surface area contributed by atoms with E-state index in [1.54, 1.807) is 31.3 Å². The number of hydrogen-bond donors (Lipinski definition) is 4. The first-order valence-electron chi connectivity index (χ1n) is 9.56. The highest BCUT2D eigenvalue weighted by Gasteiger charge is 2.18. The van der Waals surface area contributed by atoms with Crippen molar-refractivity contribution in [1.29, 1.82) is 0 Å². The van der Waals surface area contributed by atoms with E-state index in [1.165, 1.54) is 0 Å². The van der Waals surface area contributed by atoms with E-state index in [-0.39, 0.29) is 53.6 Å². The van der Waals surface area contributed by atoms with Crippen molar-refractivity contribution in [2.75, 3.05) is 6.61 Å². The van der Waals surface area contributed by atoms with Crippen molar-refractivity contribution in [2.45, 2.75) is 26.2 Å². The second-order valence-corrected chi connectivity index (χ2v) is 7.21. The number of rotatable bonds is 8. The summed E-state index contributed by atoms with van der Waals surface area (Å²) in [6, 6.07) is 9.25. The lowest BCUT2D eigenvalue weighted by atomic mass is 9.97. The molecule has 160 valence electrons. The molecule has 4 N–H and O–H groups in total. The van der Waals surface area contributed by atoms with Gasteiger partial charge in [0, 0.05) is 48.7 Å². The number of aryl methyl sites for hydroxylation is 1. The smallest absolute Gasteiger partial charge is 0.162 e. The third-order valence-corrected chi connectivity index (χ3v) is 4.73. The van der Waals surface area contributed by atoms with Crippen LogP contribution in [0.5, 0.6) is 17.2 Å². The molecule has 0 saturated carbocycles. The predicted octanol–water partition coefficient (Wildman–Crippen LogP) is 2.03. The normalized spacial score (nSPS) is 10.8. The molecule has 8 heteroatoms. The molecule has 0 atom stereocenters. The zero-order chi connectivity index (χ0) is 22.5. The maximum atomic E-state index is 12.7. The van der Waals surface area contributed by atoms with Gasteiger partial charge in [0.25, 0.3) is 0 Å². The molecule has 31 heavy (non-hydrogen) atoms. The lowest BCUT2D eigenvalue weighted by Gasteiger charge is -2.11. The Balaban J connectivity index is 1.88. The predicted molar refractivity (Wildman–Crippen MR) is 112 cm³/mol. The van der Waals surface area contributed by atoms with Crippen molar-refractivity contribution in [3.63, 3.8) is 0 Å². The minimum atomic E-state index is -0.533. The number of aromatic nitrogens is 2. The summed E-state index contributed by atoms with van der Waals surface area (Å²) in [4.78, 5) is 32.9. The topological polar surface area (TPSA) is 141 Å². The molecule has 0 saturated heterocycles. The Morgan fingerprint density at radius 2 is 1.65 bits per heavy atom. The number of carbonyl (C=O) groups is 2. The van der Waals surface area contributed by atoms with Crippen LogP contribution in [0.4, 0.5) is 0 Å². The maximum absolute atomic E-state index is 12.7. The second-order valence-electron chi connectivity index (χ2n) is 7.21. The molecule has 0 spiro atoms. The highest BCUT2D eigenvalue weighted by molar-refractivity contribution is 5.86. The summed E-state index contributed by atoms with van der Waals surface area (Å²) in [6.07, 6.45) is 1.38. The highest BCUT2D eigenvalue weighted by atomic mass is 16.3. The number of Topliss-reactive ketones (excluding diaryl/α,β-unsaturated/α-hetero) is 2. The quantitative estimate of drug-likeness (QED) is 0.432. The van der Waals surface area contributed by atoms with Gasteiger partial charge in [0.2, 0.25) is 0 Å². The Bertz CT molecular complexity index is 1120. The third kappa shape index (κ3) is 5.43. The largest absolute Gasteiger partial charge is 0.508 e. The van der Waals surface area contributed by atoms with Crippen molar-refractivity contribution >= 4 is 11.6 Å². The van der Waals surface area contributed by atoms with Gasteiger partial charge in [-0.15, -0.1) is 0 Å². The number of aliphatic hydroxyl groups is 1. The Hall–Kier alpha value is -3.78. The zero-order valence-corrected chi connectivity index (χ0v) is 16.9. The molecule has 3 aromatic rings. The fraction of sp³-hybridized carbons (Fsp3) is 0.217. The average molecular weight is 422 g/mol. The van der Waals surface area contributed by atoms with Crippen LogP contribution in [0.15, 0.2) is 42.6 Å². The first-order valence-corrected chi connectivity index (χ1v) is 9.56. The van der Waals surface area contributed by atoms with E-state index in [1.807, 2.05) is 6.07 Å². The molecule has 8 nitrogen and oxygen atoms in total. The van der Waals surface area contributed by atoms with Crippen LogP contribution in [0.1, 0.15) is 22.6 Å². The molecule has 0 aliphatic heterocycles. The number of nitrogens with zero attached hydrogens (tertiary/aromatic N) is 2. The van der Waals surface area contributed by atoms with Crippen LogP contribution in [-0.2, 0) is 28.9 Å². The number of phenolic OH excluding ortho intramolecular Hbond substituents is 3. The van der Waals surface area contributed by atoms with Gasteiger partial charge >= 0.3 is 0 Å². The molecule has 2 aromatic carbocycles. The second kappa shape index (κ2) is 9.36. The van der Waals surface area contributed by atoms with Crippen molar-refractivity contribution < 1.29 is 30.0 Å². The van der Waals surface area contributed by atoms with E-state index in [4.69, 9.17) is 5.11 Å². The summed E-state index contributed by atoms with van der Waals surface area (Å²) in [6.45, 7) is 1.17. The molecule has 0 fully saturated rings. The van der Waals surface area contributed by atoms with E-state index in [0.717, 1.165) is 17.7 Å². The molecule has 1 aromatic heterocycles. The van der Waals surface area contributed by atoms with Crippen LogP contribution in [-0.4, -0.2) is 48.6 Å². The van der Waals surface area contributed by atoms with Gasteiger partial charge < -0.3 is 20.4 Å². The van der Waals surface area contributed by atoms with E-state index >= 15 is 0 Å². The lowest BCUT2D eigenvalue weighted by Crippen LogP contribution is -2.11. The van der Waals surface area contributed by atoms with Crippen molar-refractivity contribution in [2.24, 2.45) is 0 Å². The van der Waals surface area contributed by atoms with Gasteiger partial charge in [0.05, 0.1) is 5.69 Å². The average Bonchev–Trinajstić information content (AvgIpc) is 2.71. The molecule has 1 heterocycles. The first-order chi connectivity index (χ1) is 14.8. The number of ketones is 2. The molecule has 0 radical (unpaired) electrons. The number of carbonyl (C=O) groups excluding carboxylic acids is 2. The van der Waals surface area contributed by atoms with Gasteiger partial charge in [-0.1, -0.05) is 24.3 Å². The number of benzene rings is 2. The highest BCUT2D eigenvalue weighted by Crippen LogP contribution is 2.33. The molecule has 0 aliphatic carbocycles. The Morgan fingerprint density at radius 1 is 0.935 bits per heavy atom. The summed E-state index contributed by atoms with van der Waals surface area (Å²) in [5, 5.41) is 38.3. The monoisotopic (exact) mass is 422 g/mol. The molecule has 0 unspecified atom stereocenters. The number of phenols is 3. The lowest BCUT2D eigenvalue weighted by molar-refractivity contribution is -0.121. The van der Waals surface area contributed by atoms with Crippen LogP contribution in [0.25, 0.3) is 11.1 Å². The summed E-state index contributed by atoms with van der Waals surface area (Å²) in [5.41, 5.74) is 2.56. The number of hydrogen-bond acceptors (Lipinski definition) is 8. The van der Waals surface area contributed by atoms with Crippen molar-refractivity contribution in [1.82, 2.24) is 9.97 Å². The molecular weight excluding hydrogens is 400 g/mol. The van der Waals surface area contributed by atoms with E-state index < -0.39 is 6.61 Å². The minimum Gasteiger partial charge on any atom is -0.508 e.